The summed E-state index contributed by atoms with van der Waals surface area (Å²) in [5, 5.41) is 2.90. The molecule has 0 saturated heterocycles. The van der Waals surface area contributed by atoms with Gasteiger partial charge in [-0.15, -0.1) is 0 Å². The minimum atomic E-state index is -0.129. The second-order valence-electron chi connectivity index (χ2n) is 4.75. The molecule has 2 aromatic carbocycles. The van der Waals surface area contributed by atoms with Crippen molar-refractivity contribution < 1.29 is 4.79 Å². The van der Waals surface area contributed by atoms with Crippen LogP contribution in [0.15, 0.2) is 53.0 Å². The number of hydrogen-bond donors (Lipinski definition) is 2. The molecular weight excluding hydrogens is 330 g/mol. The van der Waals surface area contributed by atoms with Gasteiger partial charge in [-0.2, -0.15) is 0 Å². The summed E-state index contributed by atoms with van der Waals surface area (Å²) in [5.41, 5.74) is 7.96. The van der Waals surface area contributed by atoms with E-state index < -0.39 is 0 Å². The highest BCUT2D eigenvalue weighted by molar-refractivity contribution is 9.10. The Morgan fingerprint density at radius 3 is 2.67 bits per heavy atom. The van der Waals surface area contributed by atoms with E-state index in [4.69, 9.17) is 5.73 Å². The molecule has 0 spiro atoms. The zero-order valence-corrected chi connectivity index (χ0v) is 13.4. The largest absolute Gasteiger partial charge is 0.399 e. The maximum absolute atomic E-state index is 12.1. The lowest BCUT2D eigenvalue weighted by molar-refractivity contribution is 0.0954. The minimum absolute atomic E-state index is 0.129. The summed E-state index contributed by atoms with van der Waals surface area (Å²) < 4.78 is 0.741. The second kappa shape index (κ2) is 7.13. The zero-order valence-electron chi connectivity index (χ0n) is 11.8. The highest BCUT2D eigenvalue weighted by atomic mass is 79.9. The number of nitrogens with two attached hydrogens (primary N) is 1. The molecule has 4 nitrogen and oxygen atoms in total. The molecule has 5 heteroatoms. The van der Waals surface area contributed by atoms with Gasteiger partial charge in [-0.25, -0.2) is 0 Å². The first-order valence-corrected chi connectivity index (χ1v) is 7.46. The molecule has 2 rings (SSSR count). The molecule has 21 heavy (non-hydrogen) atoms. The Morgan fingerprint density at radius 2 is 1.95 bits per heavy atom. The van der Waals surface area contributed by atoms with E-state index >= 15 is 0 Å². The summed E-state index contributed by atoms with van der Waals surface area (Å²) in [6, 6.07) is 15.2. The SMILES string of the molecule is CN(CCNC(=O)c1cc(N)ccc1Br)c1ccccc1. The average molecular weight is 348 g/mol. The van der Waals surface area contributed by atoms with Crippen LogP contribution in [-0.4, -0.2) is 26.0 Å². The third-order valence-corrected chi connectivity index (χ3v) is 3.86. The molecular formula is C16H18BrN3O. The van der Waals surface area contributed by atoms with Crippen molar-refractivity contribution in [3.63, 3.8) is 0 Å². The number of hydrogen-bond acceptors (Lipinski definition) is 3. The van der Waals surface area contributed by atoms with Gasteiger partial charge in [0.25, 0.3) is 5.91 Å². The number of amides is 1. The number of nitrogens with zero attached hydrogens (tertiary/aromatic N) is 1. The number of anilines is 2. The number of para-hydroxylation sites is 1. The van der Waals surface area contributed by atoms with Gasteiger partial charge in [0.05, 0.1) is 5.56 Å². The van der Waals surface area contributed by atoms with Gasteiger partial charge in [0.2, 0.25) is 0 Å². The van der Waals surface area contributed by atoms with Gasteiger partial charge in [-0.1, -0.05) is 18.2 Å². The Kier molecular flexibility index (Phi) is 5.22. The van der Waals surface area contributed by atoms with Crippen LogP contribution in [0.1, 0.15) is 10.4 Å². The third-order valence-electron chi connectivity index (χ3n) is 3.16. The molecule has 0 aliphatic heterocycles. The molecule has 0 bridgehead atoms. The topological polar surface area (TPSA) is 58.4 Å². The highest BCUT2D eigenvalue weighted by Gasteiger charge is 2.10. The fraction of sp³-hybridized carbons (Fsp3) is 0.188. The molecule has 0 unspecified atom stereocenters. The number of carbonyl (C=O) groups excluding carboxylic acids is 1. The predicted octanol–water partition coefficient (Wildman–Crippen LogP) is 2.90. The zero-order chi connectivity index (χ0) is 15.2. The minimum Gasteiger partial charge on any atom is -0.399 e. The quantitative estimate of drug-likeness (QED) is 0.817. The summed E-state index contributed by atoms with van der Waals surface area (Å²) in [4.78, 5) is 14.2. The van der Waals surface area contributed by atoms with Gasteiger partial charge in [0.1, 0.15) is 0 Å². The normalized spacial score (nSPS) is 10.2. The van der Waals surface area contributed by atoms with E-state index in [0.29, 0.717) is 17.8 Å². The smallest absolute Gasteiger partial charge is 0.252 e. The summed E-state index contributed by atoms with van der Waals surface area (Å²) >= 11 is 3.36. The van der Waals surface area contributed by atoms with E-state index in [1.54, 1.807) is 18.2 Å². The second-order valence-corrected chi connectivity index (χ2v) is 5.61. The van der Waals surface area contributed by atoms with Gasteiger partial charge in [0, 0.05) is 36.0 Å². The Labute approximate surface area is 133 Å². The first-order chi connectivity index (χ1) is 10.1. The van der Waals surface area contributed by atoms with Crippen LogP contribution in [0.25, 0.3) is 0 Å². The molecule has 1 amide bonds. The molecule has 2 aromatic rings. The number of nitrogen functional groups attached to an aromatic ring is 1. The van der Waals surface area contributed by atoms with Crippen LogP contribution in [0.5, 0.6) is 0 Å². The van der Waals surface area contributed by atoms with E-state index in [1.807, 2.05) is 37.4 Å². The van der Waals surface area contributed by atoms with Crippen LogP contribution >= 0.6 is 15.9 Å². The van der Waals surface area contributed by atoms with E-state index in [9.17, 15) is 4.79 Å². The van der Waals surface area contributed by atoms with Crippen molar-refractivity contribution in [1.29, 1.82) is 0 Å². The molecule has 0 heterocycles. The monoisotopic (exact) mass is 347 g/mol. The summed E-state index contributed by atoms with van der Waals surface area (Å²) in [7, 11) is 2.00. The maximum Gasteiger partial charge on any atom is 0.252 e. The first kappa shape index (κ1) is 15.4. The molecule has 3 N–H and O–H groups in total. The highest BCUT2D eigenvalue weighted by Crippen LogP contribution is 2.19. The van der Waals surface area contributed by atoms with Crippen molar-refractivity contribution in [3.8, 4) is 0 Å². The Morgan fingerprint density at radius 1 is 1.24 bits per heavy atom. The van der Waals surface area contributed by atoms with Gasteiger partial charge >= 0.3 is 0 Å². The Bertz CT molecular complexity index is 616. The number of likely N-dealkylation sites (N-methyl/N-ethyl adjacent to an activating group) is 1. The van der Waals surface area contributed by atoms with Crippen molar-refractivity contribution in [2.75, 3.05) is 30.8 Å². The van der Waals surface area contributed by atoms with E-state index in [1.165, 1.54) is 0 Å². The van der Waals surface area contributed by atoms with Crippen LogP contribution < -0.4 is 16.0 Å². The van der Waals surface area contributed by atoms with Crippen molar-refractivity contribution in [3.05, 3.63) is 58.6 Å². The van der Waals surface area contributed by atoms with Crippen molar-refractivity contribution >= 4 is 33.2 Å². The van der Waals surface area contributed by atoms with E-state index in [2.05, 4.69) is 26.1 Å². The summed E-state index contributed by atoms with van der Waals surface area (Å²) in [6.07, 6.45) is 0. The fourth-order valence-corrected chi connectivity index (χ4v) is 2.39. The number of nitrogens with one attached hydrogen (secondary N) is 1. The summed E-state index contributed by atoms with van der Waals surface area (Å²) in [5.74, 6) is -0.129. The lowest BCUT2D eigenvalue weighted by atomic mass is 10.2. The van der Waals surface area contributed by atoms with Crippen LogP contribution in [0, 0.1) is 0 Å². The summed E-state index contributed by atoms with van der Waals surface area (Å²) in [6.45, 7) is 1.29. The van der Waals surface area contributed by atoms with Crippen LogP contribution in [-0.2, 0) is 0 Å². The molecule has 0 atom stereocenters. The molecule has 0 fully saturated rings. The maximum atomic E-state index is 12.1. The van der Waals surface area contributed by atoms with Crippen LogP contribution in [0.2, 0.25) is 0 Å². The molecule has 0 aliphatic carbocycles. The molecule has 0 radical (unpaired) electrons. The van der Waals surface area contributed by atoms with E-state index in [-0.39, 0.29) is 5.91 Å². The molecule has 110 valence electrons. The average Bonchev–Trinajstić information content (AvgIpc) is 2.50. The van der Waals surface area contributed by atoms with Gasteiger partial charge in [0.15, 0.2) is 0 Å². The van der Waals surface area contributed by atoms with Crippen molar-refractivity contribution in [1.82, 2.24) is 5.32 Å². The number of halogens is 1. The molecule has 0 aliphatic rings. The molecule has 0 saturated carbocycles. The van der Waals surface area contributed by atoms with Gasteiger partial charge in [-0.3, -0.25) is 4.79 Å². The lowest BCUT2D eigenvalue weighted by Crippen LogP contribution is -2.33. The van der Waals surface area contributed by atoms with Gasteiger partial charge < -0.3 is 16.0 Å². The van der Waals surface area contributed by atoms with Gasteiger partial charge in [-0.05, 0) is 46.3 Å². The first-order valence-electron chi connectivity index (χ1n) is 6.67. The fourth-order valence-electron chi connectivity index (χ4n) is 1.96. The standard InChI is InChI=1S/C16H18BrN3O/c1-20(13-5-3-2-4-6-13)10-9-19-16(21)14-11-12(18)7-8-15(14)17/h2-8,11H,9-10,18H2,1H3,(H,19,21). The van der Waals surface area contributed by atoms with Crippen LogP contribution in [0.3, 0.4) is 0 Å². The third kappa shape index (κ3) is 4.23. The Hall–Kier alpha value is -2.01. The Balaban J connectivity index is 1.88. The number of rotatable bonds is 5. The number of carbonyl (C=O) groups is 1. The molecule has 0 aromatic heterocycles. The van der Waals surface area contributed by atoms with Crippen molar-refractivity contribution in [2.24, 2.45) is 0 Å². The number of benzene rings is 2. The van der Waals surface area contributed by atoms with Crippen LogP contribution in [0.4, 0.5) is 11.4 Å². The van der Waals surface area contributed by atoms with E-state index in [0.717, 1.165) is 16.7 Å². The van der Waals surface area contributed by atoms with Crippen molar-refractivity contribution in [2.45, 2.75) is 0 Å². The predicted molar refractivity (Wildman–Crippen MR) is 90.6 cm³/mol. The lowest BCUT2D eigenvalue weighted by Gasteiger charge is -2.19.